The molecule has 2 unspecified atom stereocenters. The number of amides is 1. The van der Waals surface area contributed by atoms with E-state index in [0.717, 1.165) is 34.7 Å². The Balaban J connectivity index is 1.60. The lowest BCUT2D eigenvalue weighted by atomic mass is 9.77. The number of aryl methyl sites for hydroxylation is 1. The van der Waals surface area contributed by atoms with Gasteiger partial charge >= 0.3 is 0 Å². The predicted octanol–water partition coefficient (Wildman–Crippen LogP) is 4.92. The number of thiophene rings is 1. The number of nitrogens with zero attached hydrogens (tertiary/aromatic N) is 2. The van der Waals surface area contributed by atoms with E-state index in [1.165, 1.54) is 22.5 Å². The lowest BCUT2D eigenvalue weighted by molar-refractivity contribution is 0.0686. The van der Waals surface area contributed by atoms with Crippen LogP contribution in [0.4, 0.5) is 0 Å². The molecule has 0 bridgehead atoms. The van der Waals surface area contributed by atoms with Crippen LogP contribution < -0.4 is 4.74 Å². The molecule has 1 aliphatic heterocycles. The number of carbonyl (C=O) groups is 1. The first-order valence-electron chi connectivity index (χ1n) is 9.44. The highest BCUT2D eigenvalue weighted by Gasteiger charge is 2.44. The molecule has 0 N–H and O–H groups in total. The summed E-state index contributed by atoms with van der Waals surface area (Å²) in [5, 5.41) is 8.52. The summed E-state index contributed by atoms with van der Waals surface area (Å²) < 4.78 is 5.31. The van der Waals surface area contributed by atoms with Crippen molar-refractivity contribution in [3.8, 4) is 5.75 Å². The van der Waals surface area contributed by atoms with Crippen molar-refractivity contribution in [3.05, 3.63) is 87.6 Å². The maximum Gasteiger partial charge on any atom is 0.284 e. The summed E-state index contributed by atoms with van der Waals surface area (Å²) in [5.74, 6) is 0.982. The molecule has 0 saturated heterocycles. The van der Waals surface area contributed by atoms with Gasteiger partial charge in [-0.15, -0.1) is 11.3 Å². The second-order valence-corrected chi connectivity index (χ2v) is 8.08. The van der Waals surface area contributed by atoms with Crippen molar-refractivity contribution in [1.82, 2.24) is 5.01 Å². The number of carbonyl (C=O) groups excluding carboxylic acids is 1. The fraction of sp³-hybridized carbons (Fsp3) is 0.217. The van der Waals surface area contributed by atoms with Gasteiger partial charge in [-0.2, -0.15) is 5.10 Å². The number of fused-ring (bicyclic) bond motifs is 3. The molecule has 0 radical (unpaired) electrons. The maximum atomic E-state index is 13.3. The van der Waals surface area contributed by atoms with Gasteiger partial charge in [0.1, 0.15) is 5.75 Å². The fourth-order valence-corrected chi connectivity index (χ4v) is 4.93. The van der Waals surface area contributed by atoms with Gasteiger partial charge in [0.2, 0.25) is 0 Å². The largest absolute Gasteiger partial charge is 0.497 e. The number of ether oxygens (including phenoxy) is 1. The number of hydrogen-bond donors (Lipinski definition) is 0. The standard InChI is InChI=1S/C23H20N2O2S/c1-27-17-11-8-16(9-12-17)22-19-13-10-15-5-2-3-6-18(15)21(19)24-25(22)23(26)20-7-4-14-28-20/h2-9,11-12,14,19,22H,10,13H2,1H3. The van der Waals surface area contributed by atoms with Crippen molar-refractivity contribution < 1.29 is 9.53 Å². The van der Waals surface area contributed by atoms with Crippen LogP contribution in [0.5, 0.6) is 5.75 Å². The third-order valence-corrected chi connectivity index (χ3v) is 6.48. The highest BCUT2D eigenvalue weighted by atomic mass is 32.1. The van der Waals surface area contributed by atoms with Gasteiger partial charge in [0, 0.05) is 11.5 Å². The van der Waals surface area contributed by atoms with Gasteiger partial charge < -0.3 is 4.74 Å². The molecule has 0 spiro atoms. The number of methoxy groups -OCH3 is 1. The van der Waals surface area contributed by atoms with Crippen LogP contribution in [0.15, 0.2) is 71.1 Å². The summed E-state index contributed by atoms with van der Waals surface area (Å²) in [5.41, 5.74) is 4.62. The molecule has 3 aromatic rings. The first-order valence-corrected chi connectivity index (χ1v) is 10.3. The van der Waals surface area contributed by atoms with Gasteiger partial charge in [0.05, 0.1) is 23.7 Å². The van der Waals surface area contributed by atoms with Crippen LogP contribution in [0.1, 0.15) is 38.8 Å². The molecule has 1 amide bonds. The zero-order valence-corrected chi connectivity index (χ0v) is 16.4. The molecular weight excluding hydrogens is 368 g/mol. The molecule has 140 valence electrons. The van der Waals surface area contributed by atoms with E-state index >= 15 is 0 Å². The predicted molar refractivity (Wildman–Crippen MR) is 111 cm³/mol. The monoisotopic (exact) mass is 388 g/mol. The Kier molecular flexibility index (Phi) is 4.24. The van der Waals surface area contributed by atoms with Crippen molar-refractivity contribution in [2.45, 2.75) is 18.9 Å². The third kappa shape index (κ3) is 2.74. The van der Waals surface area contributed by atoms with E-state index in [4.69, 9.17) is 9.84 Å². The van der Waals surface area contributed by atoms with E-state index in [-0.39, 0.29) is 17.9 Å². The van der Waals surface area contributed by atoms with Crippen LogP contribution in [-0.2, 0) is 6.42 Å². The van der Waals surface area contributed by atoms with Crippen molar-refractivity contribution >= 4 is 23.0 Å². The van der Waals surface area contributed by atoms with Crippen LogP contribution in [0.25, 0.3) is 0 Å². The molecular formula is C23H20N2O2S. The van der Waals surface area contributed by atoms with E-state index in [2.05, 4.69) is 36.4 Å². The Bertz CT molecular complexity index is 1040. The summed E-state index contributed by atoms with van der Waals surface area (Å²) in [6.45, 7) is 0. The molecule has 4 nitrogen and oxygen atoms in total. The Morgan fingerprint density at radius 2 is 1.93 bits per heavy atom. The molecule has 2 aliphatic rings. The third-order valence-electron chi connectivity index (χ3n) is 5.63. The summed E-state index contributed by atoms with van der Waals surface area (Å²) >= 11 is 1.46. The summed E-state index contributed by atoms with van der Waals surface area (Å²) in [6, 6.07) is 20.1. The molecule has 2 heterocycles. The average molecular weight is 388 g/mol. The van der Waals surface area contributed by atoms with Crippen molar-refractivity contribution in [2.75, 3.05) is 7.11 Å². The van der Waals surface area contributed by atoms with Gasteiger partial charge in [-0.05, 0) is 47.5 Å². The zero-order chi connectivity index (χ0) is 19.1. The highest BCUT2D eigenvalue weighted by Crippen LogP contribution is 2.44. The van der Waals surface area contributed by atoms with E-state index in [1.807, 2.05) is 29.6 Å². The lowest BCUT2D eigenvalue weighted by Crippen LogP contribution is -2.32. The normalized spacial score (nSPS) is 20.3. The Morgan fingerprint density at radius 1 is 1.11 bits per heavy atom. The SMILES string of the molecule is COc1ccc(C2C3CCc4ccccc4C3=NN2C(=O)c2cccs2)cc1. The zero-order valence-electron chi connectivity index (χ0n) is 15.5. The first-order chi connectivity index (χ1) is 13.8. The summed E-state index contributed by atoms with van der Waals surface area (Å²) in [7, 11) is 1.66. The van der Waals surface area contributed by atoms with Crippen molar-refractivity contribution in [1.29, 1.82) is 0 Å². The molecule has 1 aromatic heterocycles. The van der Waals surface area contributed by atoms with E-state index in [1.54, 1.807) is 12.1 Å². The Morgan fingerprint density at radius 3 is 2.68 bits per heavy atom. The second kappa shape index (κ2) is 6.91. The van der Waals surface area contributed by atoms with Crippen LogP contribution in [0, 0.1) is 5.92 Å². The lowest BCUT2D eigenvalue weighted by Gasteiger charge is -2.29. The minimum Gasteiger partial charge on any atom is -0.497 e. The smallest absolute Gasteiger partial charge is 0.284 e. The van der Waals surface area contributed by atoms with E-state index in [0.29, 0.717) is 0 Å². The molecule has 28 heavy (non-hydrogen) atoms. The molecule has 0 fully saturated rings. The average Bonchev–Trinajstić information content (AvgIpc) is 3.41. The topological polar surface area (TPSA) is 41.9 Å². The minimum atomic E-state index is -0.0936. The molecule has 5 rings (SSSR count). The van der Waals surface area contributed by atoms with E-state index < -0.39 is 0 Å². The van der Waals surface area contributed by atoms with Gasteiger partial charge in [0.25, 0.3) is 5.91 Å². The quantitative estimate of drug-likeness (QED) is 0.639. The maximum absolute atomic E-state index is 13.3. The van der Waals surface area contributed by atoms with Crippen LogP contribution in [0.3, 0.4) is 0 Å². The Hall–Kier alpha value is -2.92. The van der Waals surface area contributed by atoms with Gasteiger partial charge in [-0.1, -0.05) is 42.5 Å². The molecule has 1 aliphatic carbocycles. The van der Waals surface area contributed by atoms with Crippen molar-refractivity contribution in [3.63, 3.8) is 0 Å². The van der Waals surface area contributed by atoms with Crippen LogP contribution in [0.2, 0.25) is 0 Å². The van der Waals surface area contributed by atoms with Crippen LogP contribution >= 0.6 is 11.3 Å². The second-order valence-electron chi connectivity index (χ2n) is 7.13. The van der Waals surface area contributed by atoms with Gasteiger partial charge in [-0.25, -0.2) is 5.01 Å². The van der Waals surface area contributed by atoms with Crippen molar-refractivity contribution in [2.24, 2.45) is 11.0 Å². The molecule has 2 atom stereocenters. The first kappa shape index (κ1) is 17.2. The van der Waals surface area contributed by atoms with Gasteiger partial charge in [0.15, 0.2) is 0 Å². The molecule has 0 saturated carbocycles. The van der Waals surface area contributed by atoms with Crippen LogP contribution in [-0.4, -0.2) is 23.7 Å². The summed E-state index contributed by atoms with van der Waals surface area (Å²) in [4.78, 5) is 14.0. The highest BCUT2D eigenvalue weighted by molar-refractivity contribution is 7.12. The number of hydrazone groups is 1. The number of hydrogen-bond acceptors (Lipinski definition) is 4. The minimum absolute atomic E-state index is 0.0322. The summed E-state index contributed by atoms with van der Waals surface area (Å²) in [6.07, 6.45) is 1.99. The number of rotatable bonds is 3. The Labute approximate surface area is 168 Å². The van der Waals surface area contributed by atoms with E-state index in [9.17, 15) is 4.79 Å². The van der Waals surface area contributed by atoms with Gasteiger partial charge in [-0.3, -0.25) is 4.79 Å². The molecule has 5 heteroatoms. The fourth-order valence-electron chi connectivity index (χ4n) is 4.28. The molecule has 2 aromatic carbocycles. The number of benzene rings is 2.